The summed E-state index contributed by atoms with van der Waals surface area (Å²) in [5.41, 5.74) is 6.91. The van der Waals surface area contributed by atoms with Crippen LogP contribution >= 0.6 is 11.8 Å². The van der Waals surface area contributed by atoms with Crippen molar-refractivity contribution in [3.05, 3.63) is 35.4 Å². The number of thioether (sulfide) groups is 1. The van der Waals surface area contributed by atoms with E-state index in [0.29, 0.717) is 11.6 Å². The summed E-state index contributed by atoms with van der Waals surface area (Å²) in [7, 11) is 0. The lowest BCUT2D eigenvalue weighted by molar-refractivity contribution is 0.1000. The van der Waals surface area contributed by atoms with E-state index in [9.17, 15) is 4.79 Å². The molecule has 1 aromatic rings. The van der Waals surface area contributed by atoms with Gasteiger partial charge in [0.15, 0.2) is 0 Å². The zero-order chi connectivity index (χ0) is 12.7. The van der Waals surface area contributed by atoms with Gasteiger partial charge in [-0.25, -0.2) is 0 Å². The summed E-state index contributed by atoms with van der Waals surface area (Å²) in [6.45, 7) is 2.95. The predicted octanol–water partition coefficient (Wildman–Crippen LogP) is 2.02. The Bertz CT molecular complexity index is 368. The summed E-state index contributed by atoms with van der Waals surface area (Å²) in [6, 6.07) is 7.93. The first-order valence-electron chi connectivity index (χ1n) is 5.74. The van der Waals surface area contributed by atoms with E-state index < -0.39 is 0 Å². The molecule has 0 aliphatic heterocycles. The number of nitrogens with two attached hydrogens (primary N) is 1. The first-order chi connectivity index (χ1) is 8.13. The lowest BCUT2D eigenvalue weighted by Gasteiger charge is -2.13. The van der Waals surface area contributed by atoms with Gasteiger partial charge in [-0.15, -0.1) is 0 Å². The molecule has 94 valence electrons. The van der Waals surface area contributed by atoms with Crippen molar-refractivity contribution in [2.24, 2.45) is 5.73 Å². The van der Waals surface area contributed by atoms with Crippen molar-refractivity contribution in [3.63, 3.8) is 0 Å². The van der Waals surface area contributed by atoms with Crippen LogP contribution in [0, 0.1) is 0 Å². The van der Waals surface area contributed by atoms with Gasteiger partial charge in [-0.1, -0.05) is 12.1 Å². The molecule has 0 aliphatic rings. The molecule has 0 bridgehead atoms. The highest BCUT2D eigenvalue weighted by atomic mass is 32.2. The highest BCUT2D eigenvalue weighted by Crippen LogP contribution is 2.06. The van der Waals surface area contributed by atoms with E-state index in [1.54, 1.807) is 6.07 Å². The molecular formula is C13H20N2OS. The quantitative estimate of drug-likeness (QED) is 0.780. The average Bonchev–Trinajstić information content (AvgIpc) is 2.34. The van der Waals surface area contributed by atoms with E-state index in [-0.39, 0.29) is 5.91 Å². The summed E-state index contributed by atoms with van der Waals surface area (Å²) in [5.74, 6) is 0.789. The molecule has 3 nitrogen and oxygen atoms in total. The van der Waals surface area contributed by atoms with Crippen LogP contribution in [0.2, 0.25) is 0 Å². The van der Waals surface area contributed by atoms with Gasteiger partial charge in [-0.05, 0) is 43.0 Å². The zero-order valence-corrected chi connectivity index (χ0v) is 11.2. The maximum absolute atomic E-state index is 11.0. The SMILES string of the molecule is CSCCC(C)NCc1cccc(C(N)=O)c1. The number of hydrogen-bond donors (Lipinski definition) is 2. The standard InChI is InChI=1S/C13H20N2OS/c1-10(6-7-17-2)15-9-11-4-3-5-12(8-11)13(14)16/h3-5,8,10,15H,6-7,9H2,1-2H3,(H2,14,16). The number of carbonyl (C=O) groups excluding carboxylic acids is 1. The second-order valence-corrected chi connectivity index (χ2v) is 5.11. The van der Waals surface area contributed by atoms with Gasteiger partial charge in [0.25, 0.3) is 0 Å². The predicted molar refractivity (Wildman–Crippen MR) is 74.3 cm³/mol. The fourth-order valence-corrected chi connectivity index (χ4v) is 2.11. The molecule has 0 radical (unpaired) electrons. The van der Waals surface area contributed by atoms with Crippen molar-refractivity contribution in [3.8, 4) is 0 Å². The number of amides is 1. The Hall–Kier alpha value is -1.00. The fourth-order valence-electron chi connectivity index (χ4n) is 1.52. The summed E-state index contributed by atoms with van der Waals surface area (Å²) < 4.78 is 0. The van der Waals surface area contributed by atoms with E-state index in [2.05, 4.69) is 18.5 Å². The normalized spacial score (nSPS) is 12.4. The van der Waals surface area contributed by atoms with Gasteiger partial charge in [-0.3, -0.25) is 4.79 Å². The minimum atomic E-state index is -0.373. The second kappa shape index (κ2) is 7.35. The van der Waals surface area contributed by atoms with Crippen LogP contribution in [0.4, 0.5) is 0 Å². The molecule has 3 N–H and O–H groups in total. The molecule has 0 saturated carbocycles. The lowest BCUT2D eigenvalue weighted by atomic mass is 10.1. The van der Waals surface area contributed by atoms with Crippen molar-refractivity contribution >= 4 is 17.7 Å². The van der Waals surface area contributed by atoms with Gasteiger partial charge in [-0.2, -0.15) is 11.8 Å². The van der Waals surface area contributed by atoms with Crippen LogP contribution in [0.3, 0.4) is 0 Å². The van der Waals surface area contributed by atoms with Crippen molar-refractivity contribution < 1.29 is 4.79 Å². The van der Waals surface area contributed by atoms with Crippen LogP contribution in [0.15, 0.2) is 24.3 Å². The molecule has 0 aliphatic carbocycles. The molecule has 4 heteroatoms. The van der Waals surface area contributed by atoms with E-state index in [0.717, 1.165) is 24.3 Å². The summed E-state index contributed by atoms with van der Waals surface area (Å²) in [6.07, 6.45) is 3.26. The van der Waals surface area contributed by atoms with E-state index >= 15 is 0 Å². The third-order valence-corrected chi connectivity index (χ3v) is 3.27. The molecular weight excluding hydrogens is 232 g/mol. The molecule has 1 aromatic carbocycles. The zero-order valence-electron chi connectivity index (χ0n) is 10.4. The van der Waals surface area contributed by atoms with E-state index in [1.807, 2.05) is 30.0 Å². The Morgan fingerprint density at radius 2 is 2.29 bits per heavy atom. The minimum Gasteiger partial charge on any atom is -0.366 e. The van der Waals surface area contributed by atoms with Gasteiger partial charge in [0, 0.05) is 18.2 Å². The number of primary amides is 1. The van der Waals surface area contributed by atoms with Gasteiger partial charge in [0.05, 0.1) is 0 Å². The highest BCUT2D eigenvalue weighted by molar-refractivity contribution is 7.98. The van der Waals surface area contributed by atoms with Crippen LogP contribution in [0.1, 0.15) is 29.3 Å². The number of carbonyl (C=O) groups is 1. The van der Waals surface area contributed by atoms with Crippen LogP contribution in [-0.2, 0) is 6.54 Å². The average molecular weight is 252 g/mol. The molecule has 17 heavy (non-hydrogen) atoms. The maximum Gasteiger partial charge on any atom is 0.248 e. The number of hydrogen-bond acceptors (Lipinski definition) is 3. The number of rotatable bonds is 7. The van der Waals surface area contributed by atoms with Crippen LogP contribution in [-0.4, -0.2) is 24.0 Å². The molecule has 1 amide bonds. The topological polar surface area (TPSA) is 55.1 Å². The van der Waals surface area contributed by atoms with E-state index in [4.69, 9.17) is 5.73 Å². The molecule has 0 spiro atoms. The molecule has 0 saturated heterocycles. The molecule has 1 rings (SSSR count). The van der Waals surface area contributed by atoms with Gasteiger partial charge in [0.1, 0.15) is 0 Å². The van der Waals surface area contributed by atoms with Gasteiger partial charge in [0.2, 0.25) is 5.91 Å². The molecule has 1 unspecified atom stereocenters. The van der Waals surface area contributed by atoms with Crippen molar-refractivity contribution in [2.45, 2.75) is 25.9 Å². The molecule has 0 heterocycles. The van der Waals surface area contributed by atoms with Crippen LogP contribution < -0.4 is 11.1 Å². The largest absolute Gasteiger partial charge is 0.366 e. The first kappa shape index (κ1) is 14.1. The van der Waals surface area contributed by atoms with Crippen molar-refractivity contribution in [1.82, 2.24) is 5.32 Å². The van der Waals surface area contributed by atoms with Crippen molar-refractivity contribution in [1.29, 1.82) is 0 Å². The lowest BCUT2D eigenvalue weighted by Crippen LogP contribution is -2.26. The Labute approximate surface area is 107 Å². The second-order valence-electron chi connectivity index (χ2n) is 4.13. The Morgan fingerprint density at radius 3 is 2.94 bits per heavy atom. The Morgan fingerprint density at radius 1 is 1.53 bits per heavy atom. The summed E-state index contributed by atoms with van der Waals surface area (Å²) in [5, 5.41) is 3.43. The van der Waals surface area contributed by atoms with Gasteiger partial charge >= 0.3 is 0 Å². The smallest absolute Gasteiger partial charge is 0.248 e. The molecule has 1 atom stereocenters. The molecule has 0 fully saturated rings. The monoisotopic (exact) mass is 252 g/mol. The fraction of sp³-hybridized carbons (Fsp3) is 0.462. The summed E-state index contributed by atoms with van der Waals surface area (Å²) >= 11 is 1.86. The van der Waals surface area contributed by atoms with E-state index in [1.165, 1.54) is 0 Å². The number of benzene rings is 1. The van der Waals surface area contributed by atoms with Crippen molar-refractivity contribution in [2.75, 3.05) is 12.0 Å². The Kier molecular flexibility index (Phi) is 6.08. The third-order valence-electron chi connectivity index (χ3n) is 2.62. The third kappa shape index (κ3) is 5.24. The Balaban J connectivity index is 2.46. The first-order valence-corrected chi connectivity index (χ1v) is 7.14. The van der Waals surface area contributed by atoms with Crippen LogP contribution in [0.25, 0.3) is 0 Å². The molecule has 0 aromatic heterocycles. The minimum absolute atomic E-state index is 0.373. The van der Waals surface area contributed by atoms with Crippen LogP contribution in [0.5, 0.6) is 0 Å². The number of nitrogens with one attached hydrogen (secondary N) is 1. The maximum atomic E-state index is 11.0. The summed E-state index contributed by atoms with van der Waals surface area (Å²) in [4.78, 5) is 11.0. The van der Waals surface area contributed by atoms with Gasteiger partial charge < -0.3 is 11.1 Å². The highest BCUT2D eigenvalue weighted by Gasteiger charge is 2.03.